The van der Waals surface area contributed by atoms with E-state index in [1.54, 1.807) is 0 Å². The van der Waals surface area contributed by atoms with Crippen molar-refractivity contribution in [2.24, 2.45) is 5.92 Å². The zero-order valence-electron chi connectivity index (χ0n) is 19.0. The first-order chi connectivity index (χ1) is 16.5. The minimum atomic E-state index is -1.10. The molecule has 3 aromatic rings. The Kier molecular flexibility index (Phi) is 7.21. The minimum Gasteiger partial charge on any atom is -0.480 e. The summed E-state index contributed by atoms with van der Waals surface area (Å²) in [4.78, 5) is 37.6. The second kappa shape index (κ2) is 10.5. The molecule has 0 heterocycles. The molecular weight excluding hydrogens is 426 g/mol. The quantitative estimate of drug-likeness (QED) is 0.481. The number of hydrogen-bond donors (Lipinski definition) is 2. The van der Waals surface area contributed by atoms with Gasteiger partial charge in [0, 0.05) is 19.3 Å². The third-order valence-electron chi connectivity index (χ3n) is 6.80. The Morgan fingerprint density at radius 3 is 1.74 bits per heavy atom. The molecule has 4 rings (SSSR count). The van der Waals surface area contributed by atoms with Gasteiger partial charge in [-0.25, -0.2) is 4.79 Å². The molecule has 3 aromatic carbocycles. The standard InChI is InChI=1S/C29H29NO4/c31-25-18-10-11-21(19-25)27(28(33)34)30-26(32)20-29(22-12-4-1-5-13-22,23-14-6-2-7-15-23)24-16-8-3-9-17-24/h1-9,12-17,21,27H,10-11,18-20H2,(H,30,32)(H,33,34)/t21-,27+/m1/s1. The molecule has 34 heavy (non-hydrogen) atoms. The molecule has 1 aliphatic carbocycles. The van der Waals surface area contributed by atoms with Gasteiger partial charge in [0.2, 0.25) is 5.91 Å². The zero-order chi connectivity index (χ0) is 24.0. The summed E-state index contributed by atoms with van der Waals surface area (Å²) in [6.07, 6.45) is 1.99. The lowest BCUT2D eigenvalue weighted by molar-refractivity contribution is -0.144. The number of carboxylic acid groups (broad SMARTS) is 1. The van der Waals surface area contributed by atoms with Crippen LogP contribution in [0.15, 0.2) is 91.0 Å². The number of carbonyl (C=O) groups is 3. The second-order valence-corrected chi connectivity index (χ2v) is 8.96. The number of amides is 1. The molecule has 1 amide bonds. The van der Waals surface area contributed by atoms with E-state index in [2.05, 4.69) is 5.32 Å². The Morgan fingerprint density at radius 1 is 0.853 bits per heavy atom. The Morgan fingerprint density at radius 2 is 1.32 bits per heavy atom. The van der Waals surface area contributed by atoms with Crippen LogP contribution in [0.4, 0.5) is 0 Å². The van der Waals surface area contributed by atoms with Crippen molar-refractivity contribution in [3.63, 3.8) is 0 Å². The number of carbonyl (C=O) groups excluding carboxylic acids is 2. The summed E-state index contributed by atoms with van der Waals surface area (Å²) in [6.45, 7) is 0. The highest BCUT2D eigenvalue weighted by atomic mass is 16.4. The Hall–Kier alpha value is -3.73. The van der Waals surface area contributed by atoms with Crippen molar-refractivity contribution >= 4 is 17.7 Å². The lowest BCUT2D eigenvalue weighted by Crippen LogP contribution is -2.49. The second-order valence-electron chi connectivity index (χ2n) is 8.96. The average molecular weight is 456 g/mol. The fourth-order valence-electron chi connectivity index (χ4n) is 5.16. The summed E-state index contributed by atoms with van der Waals surface area (Å²) in [5.41, 5.74) is 2.03. The summed E-state index contributed by atoms with van der Waals surface area (Å²) >= 11 is 0. The van der Waals surface area contributed by atoms with E-state index < -0.39 is 17.4 Å². The lowest BCUT2D eigenvalue weighted by atomic mass is 9.67. The summed E-state index contributed by atoms with van der Waals surface area (Å²) in [5, 5.41) is 12.7. The monoisotopic (exact) mass is 455 g/mol. The molecule has 0 aliphatic heterocycles. The zero-order valence-corrected chi connectivity index (χ0v) is 19.0. The van der Waals surface area contributed by atoms with Crippen LogP contribution in [0.2, 0.25) is 0 Å². The number of carboxylic acids is 1. The van der Waals surface area contributed by atoms with E-state index in [-0.39, 0.29) is 30.4 Å². The summed E-state index contributed by atoms with van der Waals surface area (Å²) in [7, 11) is 0. The molecule has 0 bridgehead atoms. The Bertz CT molecular complexity index is 1030. The van der Waals surface area contributed by atoms with E-state index in [1.165, 1.54) is 0 Å². The van der Waals surface area contributed by atoms with Crippen molar-refractivity contribution in [2.45, 2.75) is 43.6 Å². The highest BCUT2D eigenvalue weighted by Gasteiger charge is 2.40. The van der Waals surface area contributed by atoms with Crippen molar-refractivity contribution in [3.05, 3.63) is 108 Å². The maximum absolute atomic E-state index is 13.6. The normalized spacial score (nSPS) is 17.1. The third kappa shape index (κ3) is 4.93. The van der Waals surface area contributed by atoms with Crippen molar-refractivity contribution in [1.82, 2.24) is 5.32 Å². The maximum Gasteiger partial charge on any atom is 0.326 e. The van der Waals surface area contributed by atoms with E-state index in [9.17, 15) is 19.5 Å². The summed E-state index contributed by atoms with van der Waals surface area (Å²) in [5.74, 6) is -1.79. The van der Waals surface area contributed by atoms with Crippen molar-refractivity contribution in [3.8, 4) is 0 Å². The van der Waals surface area contributed by atoms with Crippen molar-refractivity contribution < 1.29 is 19.5 Å². The smallest absolute Gasteiger partial charge is 0.326 e. The van der Waals surface area contributed by atoms with Gasteiger partial charge in [-0.3, -0.25) is 9.59 Å². The van der Waals surface area contributed by atoms with Gasteiger partial charge in [0.25, 0.3) is 0 Å². The average Bonchev–Trinajstić information content (AvgIpc) is 2.87. The fourth-order valence-corrected chi connectivity index (χ4v) is 5.16. The van der Waals surface area contributed by atoms with Gasteiger partial charge in [0.15, 0.2) is 0 Å². The van der Waals surface area contributed by atoms with Crippen LogP contribution in [-0.2, 0) is 19.8 Å². The first-order valence-electron chi connectivity index (χ1n) is 11.7. The first kappa shape index (κ1) is 23.4. The molecule has 5 nitrogen and oxygen atoms in total. The predicted octanol–water partition coefficient (Wildman–Crippen LogP) is 4.74. The van der Waals surface area contributed by atoms with Crippen molar-refractivity contribution in [2.75, 3.05) is 0 Å². The summed E-state index contributed by atoms with van der Waals surface area (Å²) < 4.78 is 0. The van der Waals surface area contributed by atoms with Gasteiger partial charge < -0.3 is 10.4 Å². The molecule has 2 N–H and O–H groups in total. The van der Waals surface area contributed by atoms with Gasteiger partial charge in [-0.15, -0.1) is 0 Å². The first-order valence-corrected chi connectivity index (χ1v) is 11.7. The predicted molar refractivity (Wildman–Crippen MR) is 130 cm³/mol. The van der Waals surface area contributed by atoms with E-state index in [0.29, 0.717) is 19.3 Å². The van der Waals surface area contributed by atoms with Gasteiger partial charge in [0.05, 0.1) is 5.41 Å². The van der Waals surface area contributed by atoms with E-state index in [4.69, 9.17) is 0 Å². The summed E-state index contributed by atoms with van der Waals surface area (Å²) in [6, 6.07) is 28.4. The Balaban J connectivity index is 1.74. The molecule has 0 aromatic heterocycles. The van der Waals surface area contributed by atoms with Gasteiger partial charge in [-0.2, -0.15) is 0 Å². The van der Waals surface area contributed by atoms with E-state index in [0.717, 1.165) is 16.7 Å². The third-order valence-corrected chi connectivity index (χ3v) is 6.80. The number of nitrogens with one attached hydrogen (secondary N) is 1. The van der Waals surface area contributed by atoms with Crippen LogP contribution in [0.3, 0.4) is 0 Å². The van der Waals surface area contributed by atoms with Gasteiger partial charge in [0.1, 0.15) is 11.8 Å². The number of rotatable bonds is 8. The molecule has 1 aliphatic rings. The van der Waals surface area contributed by atoms with Gasteiger partial charge in [-0.1, -0.05) is 91.0 Å². The highest BCUT2D eigenvalue weighted by Crippen LogP contribution is 2.42. The van der Waals surface area contributed by atoms with Crippen LogP contribution in [0.5, 0.6) is 0 Å². The lowest BCUT2D eigenvalue weighted by Gasteiger charge is -2.36. The van der Waals surface area contributed by atoms with Crippen LogP contribution < -0.4 is 5.32 Å². The topological polar surface area (TPSA) is 83.5 Å². The van der Waals surface area contributed by atoms with Crippen molar-refractivity contribution in [1.29, 1.82) is 0 Å². The minimum absolute atomic E-state index is 0.0372. The molecule has 0 saturated heterocycles. The molecule has 5 heteroatoms. The molecule has 0 unspecified atom stereocenters. The molecule has 1 saturated carbocycles. The van der Waals surface area contributed by atoms with Crippen LogP contribution in [-0.4, -0.2) is 28.8 Å². The SMILES string of the molecule is O=C1CCC[C@@H]([C@H](NC(=O)CC(c2ccccc2)(c2ccccc2)c2ccccc2)C(=O)O)C1. The molecule has 0 radical (unpaired) electrons. The largest absolute Gasteiger partial charge is 0.480 e. The number of aliphatic carboxylic acids is 1. The van der Waals surface area contributed by atoms with Crippen LogP contribution >= 0.6 is 0 Å². The molecule has 1 fully saturated rings. The maximum atomic E-state index is 13.6. The number of ketones is 1. The van der Waals surface area contributed by atoms with Gasteiger partial charge in [-0.05, 0) is 35.4 Å². The van der Waals surface area contributed by atoms with Crippen LogP contribution in [0, 0.1) is 5.92 Å². The van der Waals surface area contributed by atoms with Crippen LogP contribution in [0.25, 0.3) is 0 Å². The van der Waals surface area contributed by atoms with E-state index >= 15 is 0 Å². The number of benzene rings is 3. The molecule has 0 spiro atoms. The van der Waals surface area contributed by atoms with E-state index in [1.807, 2.05) is 91.0 Å². The van der Waals surface area contributed by atoms with Crippen LogP contribution in [0.1, 0.15) is 48.8 Å². The number of Topliss-reactive ketones (excluding diaryl/α,β-unsaturated/α-hetero) is 1. The Labute approximate surface area is 199 Å². The van der Waals surface area contributed by atoms with Gasteiger partial charge >= 0.3 is 5.97 Å². The molecule has 2 atom stereocenters. The fraction of sp³-hybridized carbons (Fsp3) is 0.276. The molecule has 174 valence electrons. The highest BCUT2D eigenvalue weighted by molar-refractivity contribution is 5.87. The number of hydrogen-bond acceptors (Lipinski definition) is 3. The molecular formula is C29H29NO4.